The van der Waals surface area contributed by atoms with Gasteiger partial charge in [0.15, 0.2) is 0 Å². The van der Waals surface area contributed by atoms with E-state index in [1.165, 1.54) is 12.1 Å². The molecule has 2 nitrogen and oxygen atoms in total. The summed E-state index contributed by atoms with van der Waals surface area (Å²) in [5, 5.41) is 8.55. The third-order valence-corrected chi connectivity index (χ3v) is 2.54. The van der Waals surface area contributed by atoms with Gasteiger partial charge in [0.2, 0.25) is 0 Å². The Morgan fingerprint density at radius 1 is 1.40 bits per heavy atom. The maximum absolute atomic E-state index is 13.4. The molecule has 1 aliphatic heterocycles. The average molecular weight is 214 g/mol. The molecule has 0 fully saturated rings. The van der Waals surface area contributed by atoms with Crippen LogP contribution in [0.4, 0.5) is 8.78 Å². The van der Waals surface area contributed by atoms with Gasteiger partial charge in [-0.05, 0) is 23.8 Å². The van der Waals surface area contributed by atoms with Crippen LogP contribution in [0.1, 0.15) is 17.5 Å². The van der Waals surface area contributed by atoms with Crippen LogP contribution in [-0.2, 0) is 12.3 Å². The molecule has 1 heterocycles. The Balaban J connectivity index is 2.29. The SMILES string of the molecule is OCCC(F)(F)c1ccc2c(c1)CCO2. The van der Waals surface area contributed by atoms with Crippen molar-refractivity contribution < 1.29 is 18.6 Å². The molecule has 82 valence electrons. The summed E-state index contributed by atoms with van der Waals surface area (Å²) in [6, 6.07) is 4.40. The van der Waals surface area contributed by atoms with Crippen LogP contribution in [0.5, 0.6) is 5.75 Å². The summed E-state index contributed by atoms with van der Waals surface area (Å²) in [6.07, 6.45) is 0.144. The van der Waals surface area contributed by atoms with Crippen LogP contribution in [0, 0.1) is 0 Å². The van der Waals surface area contributed by atoms with Crippen LogP contribution in [0.25, 0.3) is 0 Å². The number of fused-ring (bicyclic) bond motifs is 1. The van der Waals surface area contributed by atoms with Crippen molar-refractivity contribution in [3.8, 4) is 5.75 Å². The highest BCUT2D eigenvalue weighted by Gasteiger charge is 2.31. The Hall–Kier alpha value is -1.16. The molecule has 4 heteroatoms. The van der Waals surface area contributed by atoms with E-state index in [4.69, 9.17) is 9.84 Å². The Labute approximate surface area is 86.5 Å². The second kappa shape index (κ2) is 3.77. The average Bonchev–Trinajstić information content (AvgIpc) is 2.63. The lowest BCUT2D eigenvalue weighted by Gasteiger charge is -2.15. The van der Waals surface area contributed by atoms with Gasteiger partial charge < -0.3 is 9.84 Å². The van der Waals surface area contributed by atoms with Gasteiger partial charge in [0.1, 0.15) is 5.75 Å². The minimum atomic E-state index is -2.95. The first-order valence-corrected chi connectivity index (χ1v) is 4.88. The molecule has 2 rings (SSSR count). The number of rotatable bonds is 3. The normalized spacial score (nSPS) is 14.9. The molecular formula is C11H12F2O2. The van der Waals surface area contributed by atoms with Gasteiger partial charge in [-0.15, -0.1) is 0 Å². The first-order valence-electron chi connectivity index (χ1n) is 4.88. The molecule has 1 aromatic carbocycles. The van der Waals surface area contributed by atoms with Crippen molar-refractivity contribution in [1.29, 1.82) is 0 Å². The van der Waals surface area contributed by atoms with Gasteiger partial charge >= 0.3 is 0 Å². The molecule has 1 aromatic rings. The second-order valence-electron chi connectivity index (χ2n) is 3.60. The fraction of sp³-hybridized carbons (Fsp3) is 0.455. The number of aliphatic hydroxyl groups excluding tert-OH is 1. The van der Waals surface area contributed by atoms with Crippen molar-refractivity contribution in [1.82, 2.24) is 0 Å². The van der Waals surface area contributed by atoms with E-state index in [0.29, 0.717) is 18.8 Å². The van der Waals surface area contributed by atoms with Gasteiger partial charge in [-0.1, -0.05) is 0 Å². The van der Waals surface area contributed by atoms with Crippen molar-refractivity contribution in [2.75, 3.05) is 13.2 Å². The molecular weight excluding hydrogens is 202 g/mol. The molecule has 0 atom stereocenters. The Bertz CT molecular complexity index is 364. The van der Waals surface area contributed by atoms with Crippen molar-refractivity contribution in [3.63, 3.8) is 0 Å². The number of hydrogen-bond acceptors (Lipinski definition) is 2. The first-order chi connectivity index (χ1) is 7.13. The van der Waals surface area contributed by atoms with Gasteiger partial charge in [0.25, 0.3) is 5.92 Å². The zero-order valence-electron chi connectivity index (χ0n) is 8.17. The Kier molecular flexibility index (Phi) is 2.61. The van der Waals surface area contributed by atoms with Crippen LogP contribution in [0.2, 0.25) is 0 Å². The number of alkyl halides is 2. The number of aliphatic hydroxyl groups is 1. The van der Waals surface area contributed by atoms with Gasteiger partial charge in [0, 0.05) is 25.0 Å². The van der Waals surface area contributed by atoms with E-state index < -0.39 is 19.0 Å². The zero-order chi connectivity index (χ0) is 10.9. The van der Waals surface area contributed by atoms with Crippen LogP contribution < -0.4 is 4.74 Å². The lowest BCUT2D eigenvalue weighted by atomic mass is 10.0. The molecule has 1 aliphatic rings. The van der Waals surface area contributed by atoms with E-state index in [0.717, 1.165) is 5.56 Å². The quantitative estimate of drug-likeness (QED) is 0.834. The highest BCUT2D eigenvalue weighted by atomic mass is 19.3. The number of hydrogen-bond donors (Lipinski definition) is 1. The number of ether oxygens (including phenoxy) is 1. The summed E-state index contributed by atoms with van der Waals surface area (Å²) < 4.78 is 32.1. The number of halogens is 2. The molecule has 0 aromatic heterocycles. The molecule has 0 unspecified atom stereocenters. The van der Waals surface area contributed by atoms with Gasteiger partial charge in [-0.2, -0.15) is 0 Å². The van der Waals surface area contributed by atoms with Gasteiger partial charge in [-0.3, -0.25) is 0 Å². The molecule has 15 heavy (non-hydrogen) atoms. The highest BCUT2D eigenvalue weighted by Crippen LogP contribution is 2.35. The molecule has 0 saturated heterocycles. The minimum absolute atomic E-state index is 0.0409. The maximum atomic E-state index is 13.4. The van der Waals surface area contributed by atoms with E-state index in [1.807, 2.05) is 0 Å². The van der Waals surface area contributed by atoms with Crippen molar-refractivity contribution in [2.24, 2.45) is 0 Å². The summed E-state index contributed by atoms with van der Waals surface area (Å²) in [4.78, 5) is 0. The van der Waals surface area contributed by atoms with E-state index in [1.54, 1.807) is 6.07 Å². The standard InChI is InChI=1S/C11H12F2O2/c12-11(13,4-5-14)9-1-2-10-8(7-9)3-6-15-10/h1-2,7,14H,3-6H2. The van der Waals surface area contributed by atoms with E-state index in [2.05, 4.69) is 0 Å². The summed E-state index contributed by atoms with van der Waals surface area (Å²) >= 11 is 0. The topological polar surface area (TPSA) is 29.5 Å². The summed E-state index contributed by atoms with van der Waals surface area (Å²) in [6.45, 7) is 0.0466. The first kappa shape index (κ1) is 10.4. The summed E-state index contributed by atoms with van der Waals surface area (Å²) in [7, 11) is 0. The maximum Gasteiger partial charge on any atom is 0.275 e. The van der Waals surface area contributed by atoms with Crippen molar-refractivity contribution in [2.45, 2.75) is 18.8 Å². The Morgan fingerprint density at radius 3 is 2.93 bits per heavy atom. The fourth-order valence-corrected chi connectivity index (χ4v) is 1.70. The third kappa shape index (κ3) is 1.95. The molecule has 0 radical (unpaired) electrons. The highest BCUT2D eigenvalue weighted by molar-refractivity contribution is 5.41. The van der Waals surface area contributed by atoms with Crippen LogP contribution in [0.3, 0.4) is 0 Å². The van der Waals surface area contributed by atoms with E-state index in [-0.39, 0.29) is 5.56 Å². The predicted octanol–water partition coefficient (Wildman–Crippen LogP) is 2.10. The molecule has 0 bridgehead atoms. The van der Waals surface area contributed by atoms with Crippen molar-refractivity contribution in [3.05, 3.63) is 29.3 Å². The summed E-state index contributed by atoms with van der Waals surface area (Å²) in [5.74, 6) is -2.26. The monoisotopic (exact) mass is 214 g/mol. The molecule has 0 spiro atoms. The molecule has 1 N–H and O–H groups in total. The van der Waals surface area contributed by atoms with Gasteiger partial charge in [-0.25, -0.2) is 8.78 Å². The Morgan fingerprint density at radius 2 is 2.20 bits per heavy atom. The summed E-state index contributed by atoms with van der Waals surface area (Å²) in [5.41, 5.74) is 0.783. The largest absolute Gasteiger partial charge is 0.493 e. The predicted molar refractivity (Wildman–Crippen MR) is 51.2 cm³/mol. The van der Waals surface area contributed by atoms with Gasteiger partial charge in [0.05, 0.1) is 6.61 Å². The molecule has 0 amide bonds. The second-order valence-corrected chi connectivity index (χ2v) is 3.60. The lowest BCUT2D eigenvalue weighted by molar-refractivity contribution is -0.0270. The third-order valence-electron chi connectivity index (χ3n) is 2.54. The van der Waals surface area contributed by atoms with Crippen LogP contribution in [0.15, 0.2) is 18.2 Å². The zero-order valence-corrected chi connectivity index (χ0v) is 8.17. The number of benzene rings is 1. The smallest absolute Gasteiger partial charge is 0.275 e. The molecule has 0 saturated carbocycles. The van der Waals surface area contributed by atoms with Crippen molar-refractivity contribution >= 4 is 0 Å². The minimum Gasteiger partial charge on any atom is -0.493 e. The van der Waals surface area contributed by atoms with Crippen LogP contribution >= 0.6 is 0 Å². The molecule has 0 aliphatic carbocycles. The van der Waals surface area contributed by atoms with E-state index in [9.17, 15) is 8.78 Å². The lowest BCUT2D eigenvalue weighted by Crippen LogP contribution is -2.15. The van der Waals surface area contributed by atoms with Crippen LogP contribution in [-0.4, -0.2) is 18.3 Å². The van der Waals surface area contributed by atoms with E-state index >= 15 is 0 Å². The fourth-order valence-electron chi connectivity index (χ4n) is 1.70.